The van der Waals surface area contributed by atoms with Gasteiger partial charge in [-0.05, 0) is 26.0 Å². The van der Waals surface area contributed by atoms with Gasteiger partial charge in [-0.1, -0.05) is 59.8 Å². The van der Waals surface area contributed by atoms with Crippen molar-refractivity contribution in [3.05, 3.63) is 77.1 Å². The number of Topliss-reactive ketones (excluding diaryl/α,β-unsaturated/α-hetero) is 1. The Bertz CT molecular complexity index is 968. The number of aryl methyl sites for hydroxylation is 1. The molecule has 28 heavy (non-hydrogen) atoms. The van der Waals surface area contributed by atoms with Crippen LogP contribution in [-0.4, -0.2) is 32.2 Å². The van der Waals surface area contributed by atoms with E-state index in [9.17, 15) is 9.59 Å². The molecule has 1 heterocycles. The molecule has 1 atom stereocenters. The van der Waals surface area contributed by atoms with Crippen LogP contribution in [0, 0.1) is 6.92 Å². The minimum absolute atomic E-state index is 0.0378. The van der Waals surface area contributed by atoms with Crippen LogP contribution >= 0.6 is 11.8 Å². The standard InChI is InChI=1S/C21H22N4O2S/c1-14-9-11-17(12-10-14)20(27)22-15(2)19-23-24-21(25(19)3)28-13-18(26)16-7-5-4-6-8-16/h4-12,15H,13H2,1-3H3,(H,22,27)/t15-/m0/s1. The second-order valence-electron chi connectivity index (χ2n) is 6.54. The van der Waals surface area contributed by atoms with Crippen molar-refractivity contribution in [2.75, 3.05) is 5.75 Å². The van der Waals surface area contributed by atoms with Crippen LogP contribution in [0.15, 0.2) is 59.8 Å². The molecule has 1 aromatic heterocycles. The Kier molecular flexibility index (Phi) is 6.26. The quantitative estimate of drug-likeness (QED) is 0.489. The highest BCUT2D eigenvalue weighted by atomic mass is 32.2. The monoisotopic (exact) mass is 394 g/mol. The molecule has 3 rings (SSSR count). The zero-order valence-corrected chi connectivity index (χ0v) is 16.9. The van der Waals surface area contributed by atoms with Gasteiger partial charge in [-0.15, -0.1) is 10.2 Å². The maximum atomic E-state index is 12.4. The first kappa shape index (κ1) is 19.8. The molecule has 0 aliphatic heterocycles. The van der Waals surface area contributed by atoms with Crippen LogP contribution < -0.4 is 5.32 Å². The van der Waals surface area contributed by atoms with Crippen molar-refractivity contribution in [3.63, 3.8) is 0 Å². The molecule has 0 spiro atoms. The highest BCUT2D eigenvalue weighted by molar-refractivity contribution is 7.99. The second kappa shape index (κ2) is 8.84. The largest absolute Gasteiger partial charge is 0.342 e. The molecule has 0 saturated carbocycles. The third-order valence-electron chi connectivity index (χ3n) is 4.35. The zero-order chi connectivity index (χ0) is 20.1. The van der Waals surface area contributed by atoms with Gasteiger partial charge >= 0.3 is 0 Å². The summed E-state index contributed by atoms with van der Waals surface area (Å²) < 4.78 is 1.81. The van der Waals surface area contributed by atoms with E-state index in [0.717, 1.165) is 5.56 Å². The van der Waals surface area contributed by atoms with Crippen LogP contribution in [0.1, 0.15) is 45.1 Å². The number of benzene rings is 2. The summed E-state index contributed by atoms with van der Waals surface area (Å²) in [7, 11) is 1.83. The average Bonchev–Trinajstić information content (AvgIpc) is 3.07. The molecule has 0 aliphatic rings. The third kappa shape index (κ3) is 4.67. The van der Waals surface area contributed by atoms with Crippen LogP contribution in [0.3, 0.4) is 0 Å². The van der Waals surface area contributed by atoms with E-state index >= 15 is 0 Å². The van der Waals surface area contributed by atoms with Crippen molar-refractivity contribution >= 4 is 23.5 Å². The lowest BCUT2D eigenvalue weighted by Gasteiger charge is -2.13. The number of hydrogen-bond donors (Lipinski definition) is 1. The molecule has 1 amide bonds. The molecule has 0 unspecified atom stereocenters. The summed E-state index contributed by atoms with van der Waals surface area (Å²) in [6.07, 6.45) is 0. The van der Waals surface area contributed by atoms with E-state index in [1.54, 1.807) is 24.3 Å². The van der Waals surface area contributed by atoms with Crippen molar-refractivity contribution in [2.45, 2.75) is 25.0 Å². The number of amides is 1. The van der Waals surface area contributed by atoms with Gasteiger partial charge in [0.25, 0.3) is 5.91 Å². The summed E-state index contributed by atoms with van der Waals surface area (Å²) >= 11 is 1.33. The lowest BCUT2D eigenvalue weighted by atomic mass is 10.1. The van der Waals surface area contributed by atoms with E-state index < -0.39 is 0 Å². The maximum Gasteiger partial charge on any atom is 0.251 e. The van der Waals surface area contributed by atoms with Crippen LogP contribution in [0.5, 0.6) is 0 Å². The molecule has 7 heteroatoms. The number of carbonyl (C=O) groups is 2. The van der Waals surface area contributed by atoms with Crippen molar-refractivity contribution in [1.29, 1.82) is 0 Å². The Morgan fingerprint density at radius 3 is 2.39 bits per heavy atom. The van der Waals surface area contributed by atoms with Gasteiger partial charge in [0.1, 0.15) is 0 Å². The minimum atomic E-state index is -0.314. The highest BCUT2D eigenvalue weighted by Gasteiger charge is 2.19. The fraction of sp³-hybridized carbons (Fsp3) is 0.238. The first-order valence-electron chi connectivity index (χ1n) is 8.93. The number of rotatable bonds is 7. The number of carbonyl (C=O) groups excluding carboxylic acids is 2. The van der Waals surface area contributed by atoms with Gasteiger partial charge in [-0.2, -0.15) is 0 Å². The van der Waals surface area contributed by atoms with Gasteiger partial charge < -0.3 is 9.88 Å². The fourth-order valence-corrected chi connectivity index (χ4v) is 3.53. The summed E-state index contributed by atoms with van der Waals surface area (Å²) in [4.78, 5) is 24.7. The van der Waals surface area contributed by atoms with E-state index in [4.69, 9.17) is 0 Å². The van der Waals surface area contributed by atoms with E-state index in [-0.39, 0.29) is 23.5 Å². The smallest absolute Gasteiger partial charge is 0.251 e. The van der Waals surface area contributed by atoms with Gasteiger partial charge in [0, 0.05) is 18.2 Å². The Balaban J connectivity index is 1.62. The molecule has 1 N–H and O–H groups in total. The first-order chi connectivity index (χ1) is 13.5. The molecule has 2 aromatic carbocycles. The summed E-state index contributed by atoms with van der Waals surface area (Å²) in [5.41, 5.74) is 2.38. The second-order valence-corrected chi connectivity index (χ2v) is 7.48. The van der Waals surface area contributed by atoms with Gasteiger partial charge in [0.05, 0.1) is 11.8 Å². The molecule has 0 radical (unpaired) electrons. The van der Waals surface area contributed by atoms with Crippen molar-refractivity contribution < 1.29 is 9.59 Å². The Hall–Kier alpha value is -2.93. The van der Waals surface area contributed by atoms with Crippen molar-refractivity contribution in [3.8, 4) is 0 Å². The summed E-state index contributed by atoms with van der Waals surface area (Å²) in [6, 6.07) is 16.3. The maximum absolute atomic E-state index is 12.4. The zero-order valence-electron chi connectivity index (χ0n) is 16.0. The van der Waals surface area contributed by atoms with Crippen molar-refractivity contribution in [1.82, 2.24) is 20.1 Å². The minimum Gasteiger partial charge on any atom is -0.342 e. The number of hydrogen-bond acceptors (Lipinski definition) is 5. The molecule has 0 aliphatic carbocycles. The number of aromatic nitrogens is 3. The van der Waals surface area contributed by atoms with Crippen LogP contribution in [0.4, 0.5) is 0 Å². The molecule has 0 fully saturated rings. The number of nitrogens with zero attached hydrogens (tertiary/aromatic N) is 3. The molecule has 144 valence electrons. The summed E-state index contributed by atoms with van der Waals surface area (Å²) in [5, 5.41) is 11.9. The summed E-state index contributed by atoms with van der Waals surface area (Å²) in [5.74, 6) is 0.787. The predicted molar refractivity (Wildman–Crippen MR) is 110 cm³/mol. The molecular formula is C21H22N4O2S. The number of nitrogens with one attached hydrogen (secondary N) is 1. The van der Waals surface area contributed by atoms with E-state index in [1.165, 1.54) is 11.8 Å². The van der Waals surface area contributed by atoms with Gasteiger partial charge in [0.2, 0.25) is 0 Å². The van der Waals surface area contributed by atoms with E-state index in [2.05, 4.69) is 15.5 Å². The van der Waals surface area contributed by atoms with Gasteiger partial charge in [-0.3, -0.25) is 9.59 Å². The normalized spacial score (nSPS) is 11.8. The highest BCUT2D eigenvalue weighted by Crippen LogP contribution is 2.20. The SMILES string of the molecule is Cc1ccc(C(=O)N[C@@H](C)c2nnc(SCC(=O)c3ccccc3)n2C)cc1. The summed E-state index contributed by atoms with van der Waals surface area (Å²) in [6.45, 7) is 3.84. The molecule has 0 saturated heterocycles. The lowest BCUT2D eigenvalue weighted by Crippen LogP contribution is -2.28. The fourth-order valence-electron chi connectivity index (χ4n) is 2.72. The Labute approximate surface area is 168 Å². The third-order valence-corrected chi connectivity index (χ3v) is 5.37. The van der Waals surface area contributed by atoms with E-state index in [1.807, 2.05) is 55.8 Å². The van der Waals surface area contributed by atoms with E-state index in [0.29, 0.717) is 22.1 Å². The molecule has 3 aromatic rings. The average molecular weight is 395 g/mol. The van der Waals surface area contributed by atoms with Crippen molar-refractivity contribution in [2.24, 2.45) is 7.05 Å². The van der Waals surface area contributed by atoms with Crippen LogP contribution in [0.2, 0.25) is 0 Å². The van der Waals surface area contributed by atoms with Crippen LogP contribution in [-0.2, 0) is 7.05 Å². The lowest BCUT2D eigenvalue weighted by molar-refractivity contribution is 0.0937. The Morgan fingerprint density at radius 1 is 1.04 bits per heavy atom. The topological polar surface area (TPSA) is 76.9 Å². The predicted octanol–water partition coefficient (Wildman–Crippen LogP) is 3.59. The first-order valence-corrected chi connectivity index (χ1v) is 9.92. The molecule has 6 nitrogen and oxygen atoms in total. The number of thioether (sulfide) groups is 1. The molecule has 0 bridgehead atoms. The van der Waals surface area contributed by atoms with Gasteiger partial charge in [-0.25, -0.2) is 0 Å². The van der Waals surface area contributed by atoms with Crippen LogP contribution in [0.25, 0.3) is 0 Å². The number of ketones is 1. The Morgan fingerprint density at radius 2 is 1.71 bits per heavy atom. The molecular weight excluding hydrogens is 372 g/mol. The van der Waals surface area contributed by atoms with Gasteiger partial charge in [0.15, 0.2) is 16.8 Å².